The Morgan fingerprint density at radius 3 is 2.47 bits per heavy atom. The number of nitrogens with one attached hydrogen (secondary N) is 1. The monoisotopic (exact) mass is 449 g/mol. The maximum atomic E-state index is 13.3. The average molecular weight is 450 g/mol. The van der Waals surface area contributed by atoms with Crippen molar-refractivity contribution in [3.63, 3.8) is 0 Å². The smallest absolute Gasteiger partial charge is 0.324 e. The van der Waals surface area contributed by atoms with Gasteiger partial charge in [0.25, 0.3) is 5.91 Å². The van der Waals surface area contributed by atoms with Crippen LogP contribution in [-0.2, 0) is 6.54 Å². The zero-order valence-electron chi connectivity index (χ0n) is 17.8. The molecule has 4 rings (SSSR count). The molecule has 1 N–H and O–H groups in total. The Balaban J connectivity index is 1.53. The summed E-state index contributed by atoms with van der Waals surface area (Å²) in [7, 11) is 1.58. The molecule has 164 valence electrons. The van der Waals surface area contributed by atoms with E-state index in [-0.39, 0.29) is 11.9 Å². The van der Waals surface area contributed by atoms with Gasteiger partial charge in [0.2, 0.25) is 0 Å². The SMILES string of the molecule is COc1ccc(C(=O)Nc2ccccc2N2CCCN(Cc3ccccc3Cl)C2=O)cc1. The minimum absolute atomic E-state index is 0.109. The van der Waals surface area contributed by atoms with Crippen LogP contribution < -0.4 is 15.0 Å². The summed E-state index contributed by atoms with van der Waals surface area (Å²) in [4.78, 5) is 29.6. The van der Waals surface area contributed by atoms with Crippen molar-refractivity contribution < 1.29 is 14.3 Å². The van der Waals surface area contributed by atoms with Crippen molar-refractivity contribution in [2.45, 2.75) is 13.0 Å². The summed E-state index contributed by atoms with van der Waals surface area (Å²) in [6.07, 6.45) is 0.816. The Hall–Kier alpha value is -3.51. The topological polar surface area (TPSA) is 61.9 Å². The number of carbonyl (C=O) groups is 2. The Kier molecular flexibility index (Phi) is 6.61. The Morgan fingerprint density at radius 2 is 1.72 bits per heavy atom. The van der Waals surface area contributed by atoms with Crippen molar-refractivity contribution in [2.75, 3.05) is 30.4 Å². The molecule has 3 amide bonds. The quantitative estimate of drug-likeness (QED) is 0.545. The number of urea groups is 1. The fourth-order valence-corrected chi connectivity index (χ4v) is 3.93. The van der Waals surface area contributed by atoms with Crippen LogP contribution in [-0.4, -0.2) is 37.0 Å². The third-order valence-electron chi connectivity index (χ3n) is 5.43. The van der Waals surface area contributed by atoms with Crippen LogP contribution in [0, 0.1) is 0 Å². The van der Waals surface area contributed by atoms with Gasteiger partial charge in [-0.2, -0.15) is 0 Å². The molecule has 0 aromatic heterocycles. The molecular formula is C25H24ClN3O3. The molecule has 0 bridgehead atoms. The number of ether oxygens (including phenoxy) is 1. The highest BCUT2D eigenvalue weighted by molar-refractivity contribution is 6.31. The second-order valence-electron chi connectivity index (χ2n) is 7.50. The van der Waals surface area contributed by atoms with Crippen LogP contribution in [0.2, 0.25) is 5.02 Å². The van der Waals surface area contributed by atoms with Gasteiger partial charge in [-0.1, -0.05) is 41.9 Å². The molecule has 0 spiro atoms. The molecule has 0 radical (unpaired) electrons. The first kappa shape index (κ1) is 21.7. The zero-order valence-corrected chi connectivity index (χ0v) is 18.5. The standard InChI is InChI=1S/C25H24ClN3O3/c1-32-20-13-11-18(12-14-20)24(30)27-22-9-4-5-10-23(22)29-16-6-15-28(25(29)31)17-19-7-2-3-8-21(19)26/h2-5,7-14H,6,15-17H2,1H3,(H,27,30). The maximum Gasteiger partial charge on any atom is 0.324 e. The number of carbonyl (C=O) groups excluding carboxylic acids is 2. The zero-order chi connectivity index (χ0) is 22.5. The minimum Gasteiger partial charge on any atom is -0.497 e. The van der Waals surface area contributed by atoms with Crippen LogP contribution in [0.25, 0.3) is 0 Å². The van der Waals surface area contributed by atoms with E-state index in [4.69, 9.17) is 16.3 Å². The van der Waals surface area contributed by atoms with Gasteiger partial charge < -0.3 is 15.0 Å². The van der Waals surface area contributed by atoms with E-state index in [0.717, 1.165) is 12.0 Å². The van der Waals surface area contributed by atoms with Crippen molar-refractivity contribution in [2.24, 2.45) is 0 Å². The summed E-state index contributed by atoms with van der Waals surface area (Å²) in [5, 5.41) is 3.59. The number of rotatable bonds is 6. The van der Waals surface area contributed by atoms with E-state index in [1.54, 1.807) is 47.2 Å². The second kappa shape index (κ2) is 9.75. The number of para-hydroxylation sites is 2. The first-order valence-electron chi connectivity index (χ1n) is 10.4. The highest BCUT2D eigenvalue weighted by Gasteiger charge is 2.29. The number of benzene rings is 3. The van der Waals surface area contributed by atoms with Gasteiger partial charge in [0, 0.05) is 30.2 Å². The van der Waals surface area contributed by atoms with Gasteiger partial charge >= 0.3 is 6.03 Å². The van der Waals surface area contributed by atoms with Crippen LogP contribution in [0.15, 0.2) is 72.8 Å². The molecule has 0 unspecified atom stereocenters. The van der Waals surface area contributed by atoms with Crippen LogP contribution in [0.4, 0.5) is 16.2 Å². The Labute approximate surface area is 192 Å². The lowest BCUT2D eigenvalue weighted by atomic mass is 10.1. The molecule has 1 heterocycles. The molecular weight excluding hydrogens is 426 g/mol. The molecule has 32 heavy (non-hydrogen) atoms. The number of halogens is 1. The van der Waals surface area contributed by atoms with Crippen LogP contribution >= 0.6 is 11.6 Å². The third kappa shape index (κ3) is 4.70. The lowest BCUT2D eigenvalue weighted by Gasteiger charge is -2.36. The van der Waals surface area contributed by atoms with Crippen molar-refractivity contribution in [1.29, 1.82) is 0 Å². The van der Waals surface area contributed by atoms with Gasteiger partial charge in [-0.25, -0.2) is 4.79 Å². The van der Waals surface area contributed by atoms with Gasteiger partial charge in [-0.3, -0.25) is 9.69 Å². The first-order valence-corrected chi connectivity index (χ1v) is 10.8. The molecule has 1 saturated heterocycles. The Bertz CT molecular complexity index is 1120. The summed E-state index contributed by atoms with van der Waals surface area (Å²) in [6.45, 7) is 1.67. The van der Waals surface area contributed by atoms with Crippen molar-refractivity contribution in [3.05, 3.63) is 88.9 Å². The minimum atomic E-state index is -0.252. The summed E-state index contributed by atoms with van der Waals surface area (Å²) >= 11 is 6.30. The van der Waals surface area contributed by atoms with E-state index < -0.39 is 0 Å². The molecule has 0 atom stereocenters. The largest absolute Gasteiger partial charge is 0.497 e. The Morgan fingerprint density at radius 1 is 1.00 bits per heavy atom. The van der Waals surface area contributed by atoms with E-state index in [1.165, 1.54) is 0 Å². The van der Waals surface area contributed by atoms with E-state index in [9.17, 15) is 9.59 Å². The lowest BCUT2D eigenvalue weighted by molar-refractivity contribution is 0.102. The van der Waals surface area contributed by atoms with Crippen molar-refractivity contribution in [3.8, 4) is 5.75 Å². The van der Waals surface area contributed by atoms with E-state index in [1.807, 2.05) is 42.5 Å². The maximum absolute atomic E-state index is 13.3. The molecule has 0 aliphatic carbocycles. The number of anilines is 2. The summed E-state index contributed by atoms with van der Waals surface area (Å²) in [5.41, 5.74) is 2.67. The highest BCUT2D eigenvalue weighted by Crippen LogP contribution is 2.30. The fraction of sp³-hybridized carbons (Fsp3) is 0.200. The lowest BCUT2D eigenvalue weighted by Crippen LogP contribution is -2.49. The van der Waals surface area contributed by atoms with E-state index in [2.05, 4.69) is 5.32 Å². The van der Waals surface area contributed by atoms with Gasteiger partial charge in [-0.05, 0) is 54.4 Å². The van der Waals surface area contributed by atoms with Gasteiger partial charge in [-0.15, -0.1) is 0 Å². The number of amides is 3. The summed E-state index contributed by atoms with van der Waals surface area (Å²) in [6, 6.07) is 21.7. The number of hydrogen-bond donors (Lipinski definition) is 1. The van der Waals surface area contributed by atoms with Gasteiger partial charge in [0.15, 0.2) is 0 Å². The van der Waals surface area contributed by atoms with Crippen LogP contribution in [0.5, 0.6) is 5.75 Å². The highest BCUT2D eigenvalue weighted by atomic mass is 35.5. The van der Waals surface area contributed by atoms with Gasteiger partial charge in [0.05, 0.1) is 18.5 Å². The molecule has 0 saturated carbocycles. The molecule has 3 aromatic rings. The predicted molar refractivity (Wildman–Crippen MR) is 127 cm³/mol. The number of nitrogens with zero attached hydrogens (tertiary/aromatic N) is 2. The molecule has 1 aliphatic rings. The predicted octanol–water partition coefficient (Wildman–Crippen LogP) is 5.43. The molecule has 1 fully saturated rings. The summed E-state index contributed by atoms with van der Waals surface area (Å²) < 4.78 is 5.15. The third-order valence-corrected chi connectivity index (χ3v) is 5.79. The number of methoxy groups -OCH3 is 1. The normalized spacial score (nSPS) is 13.8. The van der Waals surface area contributed by atoms with Crippen molar-refractivity contribution >= 4 is 34.9 Å². The average Bonchev–Trinajstić information content (AvgIpc) is 2.82. The van der Waals surface area contributed by atoms with E-state index in [0.29, 0.717) is 47.3 Å². The molecule has 1 aliphatic heterocycles. The second-order valence-corrected chi connectivity index (χ2v) is 7.91. The fourth-order valence-electron chi connectivity index (χ4n) is 3.74. The van der Waals surface area contributed by atoms with Crippen LogP contribution in [0.3, 0.4) is 0 Å². The molecule has 7 heteroatoms. The van der Waals surface area contributed by atoms with Crippen molar-refractivity contribution in [1.82, 2.24) is 4.90 Å². The molecule has 6 nitrogen and oxygen atoms in total. The van der Waals surface area contributed by atoms with Gasteiger partial charge in [0.1, 0.15) is 5.75 Å². The molecule has 3 aromatic carbocycles. The first-order chi connectivity index (χ1) is 15.6. The summed E-state index contributed by atoms with van der Waals surface area (Å²) in [5.74, 6) is 0.428. The number of hydrogen-bond acceptors (Lipinski definition) is 3. The van der Waals surface area contributed by atoms with Crippen LogP contribution in [0.1, 0.15) is 22.3 Å². The van der Waals surface area contributed by atoms with E-state index >= 15 is 0 Å².